The molecule has 0 N–H and O–H groups in total. The van der Waals surface area contributed by atoms with E-state index in [1.54, 1.807) is 17.0 Å². The molecule has 0 bridgehead atoms. The molecule has 2 atom stereocenters. The molecule has 3 fully saturated rings. The van der Waals surface area contributed by atoms with Gasteiger partial charge in [-0.05, 0) is 76.5 Å². The van der Waals surface area contributed by atoms with E-state index in [0.29, 0.717) is 25.4 Å². The first-order valence-electron chi connectivity index (χ1n) is 12.5. The van der Waals surface area contributed by atoms with Crippen LogP contribution in [-0.4, -0.2) is 77.1 Å². The van der Waals surface area contributed by atoms with Crippen molar-refractivity contribution in [2.24, 2.45) is 5.92 Å². The van der Waals surface area contributed by atoms with Gasteiger partial charge in [0, 0.05) is 38.8 Å². The second-order valence-corrected chi connectivity index (χ2v) is 10.9. The molecular weight excluding hydrogens is 421 g/mol. The molecule has 4 rings (SSSR count). The van der Waals surface area contributed by atoms with Crippen molar-refractivity contribution < 1.29 is 18.7 Å². The number of likely N-dealkylation sites (tertiary alicyclic amines) is 1. The summed E-state index contributed by atoms with van der Waals surface area (Å²) in [6.07, 6.45) is 5.72. The molecular formula is C26H38FN3O3. The first-order chi connectivity index (χ1) is 15.7. The predicted octanol–water partition coefficient (Wildman–Crippen LogP) is 4.08. The number of benzene rings is 1. The first kappa shape index (κ1) is 24.0. The van der Waals surface area contributed by atoms with E-state index in [1.165, 1.54) is 31.4 Å². The molecule has 1 aromatic rings. The van der Waals surface area contributed by atoms with Crippen molar-refractivity contribution in [1.82, 2.24) is 14.7 Å². The van der Waals surface area contributed by atoms with Crippen LogP contribution in [0.5, 0.6) is 0 Å². The van der Waals surface area contributed by atoms with Crippen molar-refractivity contribution in [2.45, 2.75) is 77.0 Å². The summed E-state index contributed by atoms with van der Waals surface area (Å²) in [6.45, 7) is 9.42. The number of hydrogen-bond acceptors (Lipinski definition) is 4. The fraction of sp³-hybridized carbons (Fsp3) is 0.692. The monoisotopic (exact) mass is 459 g/mol. The Hall–Kier alpha value is -2.15. The van der Waals surface area contributed by atoms with Crippen LogP contribution in [0, 0.1) is 11.7 Å². The molecule has 6 nitrogen and oxygen atoms in total. The molecule has 2 heterocycles. The Kier molecular flexibility index (Phi) is 7.27. The van der Waals surface area contributed by atoms with Gasteiger partial charge in [-0.1, -0.05) is 18.6 Å². The summed E-state index contributed by atoms with van der Waals surface area (Å²) in [5, 5.41) is 0. The molecule has 2 saturated heterocycles. The zero-order valence-corrected chi connectivity index (χ0v) is 20.3. The third kappa shape index (κ3) is 6.05. The molecule has 182 valence electrons. The van der Waals surface area contributed by atoms with E-state index in [-0.39, 0.29) is 17.6 Å². The second kappa shape index (κ2) is 10.00. The van der Waals surface area contributed by atoms with Gasteiger partial charge >= 0.3 is 6.09 Å². The summed E-state index contributed by atoms with van der Waals surface area (Å²) in [5.74, 6) is -0.0842. The van der Waals surface area contributed by atoms with Crippen LogP contribution >= 0.6 is 0 Å². The molecule has 1 saturated carbocycles. The van der Waals surface area contributed by atoms with Gasteiger partial charge in [-0.25, -0.2) is 9.18 Å². The summed E-state index contributed by atoms with van der Waals surface area (Å²) < 4.78 is 19.0. The van der Waals surface area contributed by atoms with Crippen LogP contribution in [0.3, 0.4) is 0 Å². The summed E-state index contributed by atoms with van der Waals surface area (Å²) in [6, 6.07) is 6.68. The van der Waals surface area contributed by atoms with Crippen LogP contribution in [0.25, 0.3) is 0 Å². The van der Waals surface area contributed by atoms with Crippen LogP contribution in [0.4, 0.5) is 9.18 Å². The van der Waals surface area contributed by atoms with Crippen molar-refractivity contribution in [2.75, 3.05) is 32.7 Å². The highest BCUT2D eigenvalue weighted by Crippen LogP contribution is 2.30. The van der Waals surface area contributed by atoms with E-state index in [4.69, 9.17) is 4.74 Å². The predicted molar refractivity (Wildman–Crippen MR) is 125 cm³/mol. The van der Waals surface area contributed by atoms with E-state index < -0.39 is 17.7 Å². The van der Waals surface area contributed by atoms with E-state index in [1.807, 2.05) is 25.7 Å². The Balaban J connectivity index is 1.45. The van der Waals surface area contributed by atoms with E-state index in [9.17, 15) is 14.0 Å². The fourth-order valence-corrected chi connectivity index (χ4v) is 5.27. The van der Waals surface area contributed by atoms with Crippen LogP contribution in [0.1, 0.15) is 58.4 Å². The van der Waals surface area contributed by atoms with E-state index in [2.05, 4.69) is 4.90 Å². The molecule has 0 spiro atoms. The van der Waals surface area contributed by atoms with Gasteiger partial charge < -0.3 is 9.64 Å². The standard InChI is InChI=1S/C26H38FN3O3/c1-26(2,3)33-25(32)30-18-20(16-19-8-10-21(27)11-9-19)17-23(30)24(31)29-13-5-12-28(14-15-29)22-6-4-7-22/h8-11,20,22-23H,4-7,12-18H2,1-3H3/t20-,23+/m1/s1. The maximum atomic E-state index is 13.6. The zero-order valence-electron chi connectivity index (χ0n) is 20.3. The van der Waals surface area contributed by atoms with Gasteiger partial charge in [-0.3, -0.25) is 14.6 Å². The number of amides is 2. The molecule has 2 amide bonds. The highest BCUT2D eigenvalue weighted by Gasteiger charge is 2.43. The molecule has 0 radical (unpaired) electrons. The Labute approximate surface area is 197 Å². The van der Waals surface area contributed by atoms with Crippen molar-refractivity contribution in [3.05, 3.63) is 35.6 Å². The van der Waals surface area contributed by atoms with Gasteiger partial charge in [0.05, 0.1) is 0 Å². The van der Waals surface area contributed by atoms with Crippen LogP contribution in [-0.2, 0) is 16.0 Å². The van der Waals surface area contributed by atoms with Gasteiger partial charge in [-0.2, -0.15) is 0 Å². The van der Waals surface area contributed by atoms with Crippen LogP contribution in [0.2, 0.25) is 0 Å². The lowest BCUT2D eigenvalue weighted by Gasteiger charge is -2.37. The van der Waals surface area contributed by atoms with Crippen molar-refractivity contribution in [3.8, 4) is 0 Å². The van der Waals surface area contributed by atoms with Gasteiger partial charge in [-0.15, -0.1) is 0 Å². The molecule has 7 heteroatoms. The number of nitrogens with zero attached hydrogens (tertiary/aromatic N) is 3. The highest BCUT2D eigenvalue weighted by molar-refractivity contribution is 5.86. The van der Waals surface area contributed by atoms with Gasteiger partial charge in [0.2, 0.25) is 5.91 Å². The topological polar surface area (TPSA) is 53.1 Å². The van der Waals surface area contributed by atoms with E-state index >= 15 is 0 Å². The number of carbonyl (C=O) groups excluding carboxylic acids is 2. The molecule has 0 unspecified atom stereocenters. The van der Waals surface area contributed by atoms with Gasteiger partial charge in [0.1, 0.15) is 17.5 Å². The van der Waals surface area contributed by atoms with E-state index in [0.717, 1.165) is 38.2 Å². The lowest BCUT2D eigenvalue weighted by molar-refractivity contribution is -0.135. The molecule has 2 aliphatic heterocycles. The Morgan fingerprint density at radius 2 is 1.76 bits per heavy atom. The number of carbonyl (C=O) groups is 2. The Morgan fingerprint density at radius 1 is 1.03 bits per heavy atom. The molecule has 1 aromatic carbocycles. The number of hydrogen-bond donors (Lipinski definition) is 0. The molecule has 1 aliphatic carbocycles. The first-order valence-corrected chi connectivity index (χ1v) is 12.5. The number of ether oxygens (including phenoxy) is 1. The van der Waals surface area contributed by atoms with Crippen molar-refractivity contribution in [3.63, 3.8) is 0 Å². The zero-order chi connectivity index (χ0) is 23.6. The molecule has 3 aliphatic rings. The van der Waals surface area contributed by atoms with Crippen molar-refractivity contribution >= 4 is 12.0 Å². The van der Waals surface area contributed by atoms with Gasteiger partial charge in [0.25, 0.3) is 0 Å². The average molecular weight is 460 g/mol. The normalized spacial score (nSPS) is 25.0. The third-order valence-electron chi connectivity index (χ3n) is 7.17. The van der Waals surface area contributed by atoms with Gasteiger partial charge in [0.15, 0.2) is 0 Å². The number of rotatable bonds is 4. The Bertz CT molecular complexity index is 834. The SMILES string of the molecule is CC(C)(C)OC(=O)N1C[C@H](Cc2ccc(F)cc2)C[C@H]1C(=O)N1CCCN(C2CCC2)CC1. The highest BCUT2D eigenvalue weighted by atomic mass is 19.1. The molecule has 0 aromatic heterocycles. The summed E-state index contributed by atoms with van der Waals surface area (Å²) in [5.41, 5.74) is 0.399. The third-order valence-corrected chi connectivity index (χ3v) is 7.17. The Morgan fingerprint density at radius 3 is 2.39 bits per heavy atom. The lowest BCUT2D eigenvalue weighted by atomic mass is 9.91. The smallest absolute Gasteiger partial charge is 0.410 e. The minimum absolute atomic E-state index is 0.0397. The average Bonchev–Trinajstić information content (AvgIpc) is 2.98. The minimum atomic E-state index is -0.619. The summed E-state index contributed by atoms with van der Waals surface area (Å²) >= 11 is 0. The lowest BCUT2D eigenvalue weighted by Crippen LogP contribution is -2.50. The maximum Gasteiger partial charge on any atom is 0.410 e. The van der Waals surface area contributed by atoms with Crippen LogP contribution in [0.15, 0.2) is 24.3 Å². The number of halogens is 1. The summed E-state index contributed by atoms with van der Waals surface area (Å²) in [7, 11) is 0. The minimum Gasteiger partial charge on any atom is -0.444 e. The quantitative estimate of drug-likeness (QED) is 0.681. The molecule has 33 heavy (non-hydrogen) atoms. The maximum absolute atomic E-state index is 13.6. The second-order valence-electron chi connectivity index (χ2n) is 10.9. The summed E-state index contributed by atoms with van der Waals surface area (Å²) in [4.78, 5) is 32.8. The largest absolute Gasteiger partial charge is 0.444 e. The van der Waals surface area contributed by atoms with Crippen molar-refractivity contribution in [1.29, 1.82) is 0 Å². The van der Waals surface area contributed by atoms with Crippen LogP contribution < -0.4 is 0 Å². The fourth-order valence-electron chi connectivity index (χ4n) is 5.27.